The Bertz CT molecular complexity index is 1240. The maximum absolute atomic E-state index is 12.7. The number of anilines is 2. The third kappa shape index (κ3) is 3.75. The molecule has 0 aliphatic carbocycles. The van der Waals surface area contributed by atoms with Crippen LogP contribution in [-0.4, -0.2) is 22.9 Å². The average molecular weight is 379 g/mol. The van der Waals surface area contributed by atoms with E-state index in [2.05, 4.69) is 26.7 Å². The first-order valence-electron chi connectivity index (χ1n) is 9.03. The lowest BCUT2D eigenvalue weighted by atomic mass is 10.00. The van der Waals surface area contributed by atoms with Crippen LogP contribution < -0.4 is 10.6 Å². The molecule has 0 fully saturated rings. The van der Waals surface area contributed by atoms with Gasteiger partial charge in [-0.3, -0.25) is 4.79 Å². The van der Waals surface area contributed by atoms with Crippen LogP contribution in [0.15, 0.2) is 72.9 Å². The fourth-order valence-electron chi connectivity index (χ4n) is 3.08. The molecule has 0 saturated carbocycles. The van der Waals surface area contributed by atoms with Crippen LogP contribution in [0.3, 0.4) is 0 Å². The van der Waals surface area contributed by atoms with E-state index in [1.165, 1.54) is 0 Å². The predicted molar refractivity (Wildman–Crippen MR) is 114 cm³/mol. The van der Waals surface area contributed by atoms with E-state index in [-0.39, 0.29) is 5.91 Å². The molecule has 0 atom stereocenters. The normalized spacial score (nSPS) is 10.3. The van der Waals surface area contributed by atoms with Crippen molar-refractivity contribution >= 4 is 28.4 Å². The zero-order valence-corrected chi connectivity index (χ0v) is 15.7. The molecule has 4 rings (SSSR count). The van der Waals surface area contributed by atoms with E-state index < -0.39 is 0 Å². The third-order valence-electron chi connectivity index (χ3n) is 4.58. The van der Waals surface area contributed by atoms with Gasteiger partial charge in [0.15, 0.2) is 5.65 Å². The van der Waals surface area contributed by atoms with Crippen molar-refractivity contribution in [2.75, 3.05) is 17.7 Å². The Balaban J connectivity index is 1.60. The number of pyridine rings is 2. The van der Waals surface area contributed by atoms with Gasteiger partial charge in [0.2, 0.25) is 0 Å². The van der Waals surface area contributed by atoms with Crippen LogP contribution in [0, 0.1) is 11.3 Å². The van der Waals surface area contributed by atoms with E-state index in [4.69, 9.17) is 5.26 Å². The van der Waals surface area contributed by atoms with Crippen LogP contribution in [0.2, 0.25) is 0 Å². The fourth-order valence-corrected chi connectivity index (χ4v) is 3.08. The number of hydrogen-bond donors (Lipinski definition) is 2. The fraction of sp³-hybridized carbons (Fsp3) is 0.0435. The minimum Gasteiger partial charge on any atom is -0.388 e. The first-order chi connectivity index (χ1) is 14.2. The van der Waals surface area contributed by atoms with Gasteiger partial charge in [-0.1, -0.05) is 18.2 Å². The summed E-state index contributed by atoms with van der Waals surface area (Å²) in [4.78, 5) is 21.3. The molecule has 2 aromatic carbocycles. The van der Waals surface area contributed by atoms with Crippen molar-refractivity contribution in [1.29, 1.82) is 5.26 Å². The van der Waals surface area contributed by atoms with Gasteiger partial charge in [0.1, 0.15) is 5.82 Å². The molecule has 6 nitrogen and oxygen atoms in total. The number of amides is 1. The summed E-state index contributed by atoms with van der Waals surface area (Å²) < 4.78 is 0. The topological polar surface area (TPSA) is 90.7 Å². The minimum atomic E-state index is -0.254. The zero-order valence-electron chi connectivity index (χ0n) is 15.7. The van der Waals surface area contributed by atoms with Gasteiger partial charge in [-0.15, -0.1) is 0 Å². The largest absolute Gasteiger partial charge is 0.388 e. The lowest BCUT2D eigenvalue weighted by Gasteiger charge is -2.12. The second-order valence-corrected chi connectivity index (χ2v) is 6.40. The highest BCUT2D eigenvalue weighted by molar-refractivity contribution is 6.05. The molecular weight excluding hydrogens is 362 g/mol. The van der Waals surface area contributed by atoms with Crippen molar-refractivity contribution < 1.29 is 4.79 Å². The van der Waals surface area contributed by atoms with E-state index in [1.54, 1.807) is 43.6 Å². The van der Waals surface area contributed by atoms with Crippen molar-refractivity contribution in [3.63, 3.8) is 0 Å². The summed E-state index contributed by atoms with van der Waals surface area (Å²) in [7, 11) is 1.81. The molecule has 4 aromatic rings. The quantitative estimate of drug-likeness (QED) is 0.546. The molecule has 0 spiro atoms. The molecular formula is C23H17N5O. The molecule has 0 bridgehead atoms. The average Bonchev–Trinajstić information content (AvgIpc) is 2.78. The highest BCUT2D eigenvalue weighted by Crippen LogP contribution is 2.29. The molecule has 0 radical (unpaired) electrons. The molecule has 2 heterocycles. The summed E-state index contributed by atoms with van der Waals surface area (Å²) >= 11 is 0. The van der Waals surface area contributed by atoms with Crippen molar-refractivity contribution in [3.8, 4) is 17.2 Å². The summed E-state index contributed by atoms with van der Waals surface area (Å²) in [6.07, 6.45) is 1.67. The number of fused-ring (bicyclic) bond motifs is 1. The Labute approximate surface area is 167 Å². The van der Waals surface area contributed by atoms with Gasteiger partial charge in [0.05, 0.1) is 11.6 Å². The maximum atomic E-state index is 12.7. The van der Waals surface area contributed by atoms with Crippen LogP contribution in [0.4, 0.5) is 11.5 Å². The summed E-state index contributed by atoms with van der Waals surface area (Å²) in [6.45, 7) is 0. The second-order valence-electron chi connectivity index (χ2n) is 6.40. The van der Waals surface area contributed by atoms with Gasteiger partial charge < -0.3 is 10.6 Å². The van der Waals surface area contributed by atoms with Gasteiger partial charge in [0, 0.05) is 35.4 Å². The Morgan fingerprint density at radius 1 is 1.03 bits per heavy atom. The number of rotatable bonds is 4. The van der Waals surface area contributed by atoms with Crippen molar-refractivity contribution in [1.82, 2.24) is 9.97 Å². The number of benzene rings is 2. The molecule has 1 amide bonds. The molecule has 2 N–H and O–H groups in total. The molecule has 0 aliphatic rings. The van der Waals surface area contributed by atoms with Gasteiger partial charge in [-0.05, 0) is 54.1 Å². The number of nitrogens with zero attached hydrogens (tertiary/aromatic N) is 3. The summed E-state index contributed by atoms with van der Waals surface area (Å²) in [5.41, 5.74) is 4.42. The predicted octanol–water partition coefficient (Wildman–Crippen LogP) is 4.46. The van der Waals surface area contributed by atoms with Crippen LogP contribution in [0.1, 0.15) is 15.9 Å². The standard InChI is InChI=1S/C23H17N5O/c1-25-20-13-18(8-10-19(20)16-6-4-15(14-24)5-7-16)23(29)28-21-11-9-17-3-2-12-26-22(17)27-21/h2-13,25H,1H3,(H,26,27,28,29). The summed E-state index contributed by atoms with van der Waals surface area (Å²) in [5, 5.41) is 15.8. The Hall–Kier alpha value is -4.24. The number of carbonyl (C=O) groups excluding carboxylic acids is 1. The van der Waals surface area contributed by atoms with E-state index in [0.29, 0.717) is 22.6 Å². The van der Waals surface area contributed by atoms with Gasteiger partial charge >= 0.3 is 0 Å². The van der Waals surface area contributed by atoms with Gasteiger partial charge in [-0.25, -0.2) is 9.97 Å². The Kier molecular flexibility index (Phi) is 4.87. The summed E-state index contributed by atoms with van der Waals surface area (Å²) in [6, 6.07) is 22.3. The molecule has 0 unspecified atom stereocenters. The number of carbonyl (C=O) groups is 1. The lowest BCUT2D eigenvalue weighted by molar-refractivity contribution is 0.102. The van der Waals surface area contributed by atoms with Crippen LogP contribution in [-0.2, 0) is 0 Å². The molecule has 0 aliphatic heterocycles. The van der Waals surface area contributed by atoms with Crippen LogP contribution >= 0.6 is 0 Å². The first-order valence-corrected chi connectivity index (χ1v) is 9.03. The highest BCUT2D eigenvalue weighted by atomic mass is 16.1. The third-order valence-corrected chi connectivity index (χ3v) is 4.58. The molecule has 0 saturated heterocycles. The lowest BCUT2D eigenvalue weighted by Crippen LogP contribution is -2.13. The molecule has 2 aromatic heterocycles. The Morgan fingerprint density at radius 2 is 1.86 bits per heavy atom. The van der Waals surface area contributed by atoms with E-state index >= 15 is 0 Å². The van der Waals surface area contributed by atoms with Crippen LogP contribution in [0.5, 0.6) is 0 Å². The number of aromatic nitrogens is 2. The van der Waals surface area contributed by atoms with Crippen molar-refractivity contribution in [2.45, 2.75) is 0 Å². The van der Waals surface area contributed by atoms with Gasteiger partial charge in [0.25, 0.3) is 5.91 Å². The van der Waals surface area contributed by atoms with Gasteiger partial charge in [-0.2, -0.15) is 5.26 Å². The molecule has 29 heavy (non-hydrogen) atoms. The van der Waals surface area contributed by atoms with E-state index in [1.807, 2.05) is 36.4 Å². The zero-order chi connectivity index (χ0) is 20.2. The summed E-state index contributed by atoms with van der Waals surface area (Å²) in [5.74, 6) is 0.194. The minimum absolute atomic E-state index is 0.254. The van der Waals surface area contributed by atoms with Crippen LogP contribution in [0.25, 0.3) is 22.2 Å². The van der Waals surface area contributed by atoms with Crippen molar-refractivity contribution in [2.24, 2.45) is 0 Å². The van der Waals surface area contributed by atoms with Crippen molar-refractivity contribution in [3.05, 3.63) is 84.1 Å². The highest BCUT2D eigenvalue weighted by Gasteiger charge is 2.12. The SMILES string of the molecule is CNc1cc(C(=O)Nc2ccc3cccnc3n2)ccc1-c1ccc(C#N)cc1. The smallest absolute Gasteiger partial charge is 0.256 e. The Morgan fingerprint density at radius 3 is 2.62 bits per heavy atom. The first kappa shape index (κ1) is 18.1. The molecule has 140 valence electrons. The number of nitrogens with one attached hydrogen (secondary N) is 2. The maximum Gasteiger partial charge on any atom is 0.256 e. The van der Waals surface area contributed by atoms with E-state index in [0.717, 1.165) is 22.2 Å². The number of hydrogen-bond acceptors (Lipinski definition) is 5. The van der Waals surface area contributed by atoms with E-state index in [9.17, 15) is 4.79 Å². The second kappa shape index (κ2) is 7.79. The monoisotopic (exact) mass is 379 g/mol. The molecule has 6 heteroatoms. The number of nitriles is 1.